The quantitative estimate of drug-likeness (QED) is 0.511. The van der Waals surface area contributed by atoms with Gasteiger partial charge in [-0.1, -0.05) is 0 Å². The van der Waals surface area contributed by atoms with Crippen molar-refractivity contribution in [1.82, 2.24) is 4.57 Å². The zero-order valence-corrected chi connectivity index (χ0v) is 6.74. The monoisotopic (exact) mass is 165 g/mol. The van der Waals surface area contributed by atoms with Gasteiger partial charge in [-0.25, -0.2) is 9.13 Å². The molecule has 1 heterocycles. The minimum atomic E-state index is 0.569. The normalized spacial score (nSPS) is 10.2. The van der Waals surface area contributed by atoms with E-state index in [0.717, 1.165) is 0 Å². The minimum Gasteiger partial charge on any atom is -0.222 e. The first-order valence-corrected chi connectivity index (χ1v) is 3.24. The van der Waals surface area contributed by atoms with Crippen LogP contribution in [0.15, 0.2) is 6.33 Å². The van der Waals surface area contributed by atoms with Crippen LogP contribution in [0.4, 0.5) is 0 Å². The Morgan fingerprint density at radius 2 is 2.11 bits per heavy atom. The minimum absolute atomic E-state index is 0.569. The number of hydrogen-bond acceptors (Lipinski definition) is 0. The van der Waals surface area contributed by atoms with Gasteiger partial charge in [-0.3, -0.25) is 0 Å². The zero-order chi connectivity index (χ0) is 7.02. The van der Waals surface area contributed by atoms with Crippen LogP contribution in [0.25, 0.3) is 0 Å². The lowest BCUT2D eigenvalue weighted by molar-refractivity contribution is -0.668. The van der Waals surface area contributed by atoms with Gasteiger partial charge in [0.15, 0.2) is 0 Å². The summed E-state index contributed by atoms with van der Waals surface area (Å²) in [5, 5.41) is 1.14. The maximum Gasteiger partial charge on any atom is 0.254 e. The summed E-state index contributed by atoms with van der Waals surface area (Å²) >= 11 is 11.4. The molecule has 0 fully saturated rings. The fraction of sp³-hybridized carbons (Fsp3) is 0.400. The maximum atomic E-state index is 5.71. The molecule has 2 nitrogen and oxygen atoms in total. The van der Waals surface area contributed by atoms with Crippen molar-refractivity contribution in [3.8, 4) is 0 Å². The Kier molecular flexibility index (Phi) is 1.68. The summed E-state index contributed by atoms with van der Waals surface area (Å²) in [4.78, 5) is 0. The van der Waals surface area contributed by atoms with Crippen molar-refractivity contribution in [1.29, 1.82) is 0 Å². The molecule has 0 aliphatic heterocycles. The highest BCUT2D eigenvalue weighted by Gasteiger charge is 2.12. The van der Waals surface area contributed by atoms with Crippen LogP contribution >= 0.6 is 23.2 Å². The highest BCUT2D eigenvalue weighted by molar-refractivity contribution is 6.39. The van der Waals surface area contributed by atoms with Gasteiger partial charge in [0.05, 0.1) is 14.1 Å². The van der Waals surface area contributed by atoms with Gasteiger partial charge in [0.25, 0.3) is 10.3 Å². The maximum absolute atomic E-state index is 5.71. The second-order valence-electron chi connectivity index (χ2n) is 1.92. The van der Waals surface area contributed by atoms with E-state index < -0.39 is 0 Å². The summed E-state index contributed by atoms with van der Waals surface area (Å²) in [5.74, 6) is 0. The molecule has 0 aliphatic carbocycles. The van der Waals surface area contributed by atoms with E-state index >= 15 is 0 Å². The van der Waals surface area contributed by atoms with Gasteiger partial charge in [0, 0.05) is 0 Å². The Hall–Kier alpha value is -0.210. The highest BCUT2D eigenvalue weighted by atomic mass is 35.5. The van der Waals surface area contributed by atoms with Crippen molar-refractivity contribution in [2.24, 2.45) is 14.1 Å². The number of aromatic nitrogens is 2. The summed E-state index contributed by atoms with van der Waals surface area (Å²) in [7, 11) is 3.68. The van der Waals surface area contributed by atoms with Gasteiger partial charge in [0.1, 0.15) is 0 Å². The van der Waals surface area contributed by atoms with Crippen LogP contribution in [0.3, 0.4) is 0 Å². The van der Waals surface area contributed by atoms with Crippen molar-refractivity contribution in [3.05, 3.63) is 16.6 Å². The molecule has 0 radical (unpaired) electrons. The summed E-state index contributed by atoms with van der Waals surface area (Å²) in [5.41, 5.74) is 0. The van der Waals surface area contributed by atoms with Crippen LogP contribution in [0, 0.1) is 0 Å². The molecule has 0 bridgehead atoms. The molecule has 4 heteroatoms. The van der Waals surface area contributed by atoms with E-state index in [1.807, 2.05) is 20.4 Å². The first-order valence-electron chi connectivity index (χ1n) is 2.49. The molecule has 9 heavy (non-hydrogen) atoms. The third-order valence-corrected chi connectivity index (χ3v) is 2.12. The van der Waals surface area contributed by atoms with Gasteiger partial charge in [0.2, 0.25) is 6.33 Å². The van der Waals surface area contributed by atoms with E-state index in [9.17, 15) is 0 Å². The fourth-order valence-electron chi connectivity index (χ4n) is 0.652. The molecule has 1 aromatic rings. The Bertz CT molecular complexity index is 207. The third kappa shape index (κ3) is 1.05. The van der Waals surface area contributed by atoms with Crippen molar-refractivity contribution in [3.63, 3.8) is 0 Å². The molecule has 1 rings (SSSR count). The number of aryl methyl sites for hydroxylation is 2. The first kappa shape index (κ1) is 6.90. The zero-order valence-electron chi connectivity index (χ0n) is 5.23. The van der Waals surface area contributed by atoms with E-state index in [0.29, 0.717) is 10.3 Å². The third-order valence-electron chi connectivity index (χ3n) is 1.14. The summed E-state index contributed by atoms with van der Waals surface area (Å²) in [6.07, 6.45) is 1.81. The van der Waals surface area contributed by atoms with Crippen molar-refractivity contribution in [2.75, 3.05) is 0 Å². The van der Waals surface area contributed by atoms with Gasteiger partial charge in [-0.2, -0.15) is 0 Å². The number of hydrogen-bond donors (Lipinski definition) is 0. The molecule has 0 atom stereocenters. The second-order valence-corrected chi connectivity index (χ2v) is 2.63. The van der Waals surface area contributed by atoms with E-state index in [1.165, 1.54) is 0 Å². The molecular weight excluding hydrogens is 159 g/mol. The molecule has 0 spiro atoms. The van der Waals surface area contributed by atoms with Crippen molar-refractivity contribution >= 4 is 23.2 Å². The van der Waals surface area contributed by atoms with Crippen LogP contribution < -0.4 is 4.57 Å². The van der Waals surface area contributed by atoms with Crippen LogP contribution in [0.2, 0.25) is 10.3 Å². The van der Waals surface area contributed by atoms with Crippen molar-refractivity contribution in [2.45, 2.75) is 0 Å². The Morgan fingerprint density at radius 3 is 2.22 bits per heavy atom. The molecule has 0 saturated carbocycles. The molecule has 1 aromatic heterocycles. The summed E-state index contributed by atoms with van der Waals surface area (Å²) in [6.45, 7) is 0. The number of imidazole rings is 1. The molecule has 0 amide bonds. The molecule has 0 aliphatic rings. The average Bonchev–Trinajstić information content (AvgIpc) is 1.98. The lowest BCUT2D eigenvalue weighted by Crippen LogP contribution is -2.25. The molecular formula is C5H7Cl2N2+. The van der Waals surface area contributed by atoms with Crippen LogP contribution in [0.1, 0.15) is 0 Å². The second kappa shape index (κ2) is 2.20. The largest absolute Gasteiger partial charge is 0.254 e. The SMILES string of the molecule is Cn1c[n+](C)c(Cl)c1Cl. The number of rotatable bonds is 0. The van der Waals surface area contributed by atoms with Gasteiger partial charge >= 0.3 is 0 Å². The van der Waals surface area contributed by atoms with Gasteiger partial charge in [-0.05, 0) is 23.2 Å². The molecule has 0 saturated heterocycles. The number of nitrogens with zero attached hydrogens (tertiary/aromatic N) is 2. The first-order chi connectivity index (χ1) is 4.13. The topological polar surface area (TPSA) is 8.81 Å². The van der Waals surface area contributed by atoms with Gasteiger partial charge in [-0.15, -0.1) is 0 Å². The molecule has 50 valence electrons. The number of halogens is 2. The Morgan fingerprint density at radius 1 is 1.56 bits per heavy atom. The lowest BCUT2D eigenvalue weighted by atomic mass is 10.9. The standard InChI is InChI=1S/C5H7Cl2N2/c1-8-3-9(2)5(7)4(8)6/h3H,1-2H3/q+1. The molecule has 0 N–H and O–H groups in total. The predicted octanol–water partition coefficient (Wildman–Crippen LogP) is 1.16. The van der Waals surface area contributed by atoms with E-state index in [1.54, 1.807) is 9.13 Å². The van der Waals surface area contributed by atoms with Crippen LogP contribution in [-0.4, -0.2) is 4.57 Å². The summed E-state index contributed by atoms with van der Waals surface area (Å²) in [6, 6.07) is 0. The predicted molar refractivity (Wildman–Crippen MR) is 36.6 cm³/mol. The van der Waals surface area contributed by atoms with E-state index in [4.69, 9.17) is 23.2 Å². The van der Waals surface area contributed by atoms with Gasteiger partial charge < -0.3 is 0 Å². The smallest absolute Gasteiger partial charge is 0.222 e. The molecule has 0 unspecified atom stereocenters. The fourth-order valence-corrected chi connectivity index (χ4v) is 1.01. The average molecular weight is 166 g/mol. The van der Waals surface area contributed by atoms with Crippen LogP contribution in [-0.2, 0) is 14.1 Å². The summed E-state index contributed by atoms with van der Waals surface area (Å²) < 4.78 is 3.51. The van der Waals surface area contributed by atoms with E-state index in [2.05, 4.69) is 0 Å². The Labute approximate surface area is 63.6 Å². The Balaban J connectivity index is 3.29. The lowest BCUT2D eigenvalue weighted by Gasteiger charge is -1.78. The highest BCUT2D eigenvalue weighted by Crippen LogP contribution is 2.15. The van der Waals surface area contributed by atoms with E-state index in [-0.39, 0.29) is 0 Å². The van der Waals surface area contributed by atoms with Crippen LogP contribution in [0.5, 0.6) is 0 Å². The van der Waals surface area contributed by atoms with Crippen molar-refractivity contribution < 1.29 is 4.57 Å². The molecule has 0 aromatic carbocycles.